The average molecular weight is 454 g/mol. The molecule has 0 spiro atoms. The van der Waals surface area contributed by atoms with Gasteiger partial charge in [-0.3, -0.25) is 9.69 Å². The predicted octanol–water partition coefficient (Wildman–Crippen LogP) is 1.80. The van der Waals surface area contributed by atoms with Crippen molar-refractivity contribution in [1.29, 1.82) is 0 Å². The van der Waals surface area contributed by atoms with Gasteiger partial charge in [0.15, 0.2) is 0 Å². The van der Waals surface area contributed by atoms with E-state index in [1.54, 1.807) is 24.3 Å². The van der Waals surface area contributed by atoms with Gasteiger partial charge in [0.05, 0.1) is 23.7 Å². The molecule has 0 bridgehead atoms. The molecule has 1 amide bonds. The van der Waals surface area contributed by atoms with Crippen molar-refractivity contribution in [3.63, 3.8) is 0 Å². The molecule has 9 heteroatoms. The quantitative estimate of drug-likeness (QED) is 0.708. The summed E-state index contributed by atoms with van der Waals surface area (Å²) in [5, 5.41) is 3.08. The number of rotatable bonds is 6. The van der Waals surface area contributed by atoms with Gasteiger partial charge in [0.25, 0.3) is 5.91 Å². The Hall–Kier alpha value is -1.13. The zero-order valence-electron chi connectivity index (χ0n) is 17.3. The Morgan fingerprint density at radius 1 is 1.10 bits per heavy atom. The second kappa shape index (κ2) is 9.56. The molecule has 3 aliphatic rings. The molecule has 0 aromatic heterocycles. The highest BCUT2D eigenvalue weighted by atomic mass is 32.2. The first-order valence-corrected chi connectivity index (χ1v) is 13.4. The lowest BCUT2D eigenvalue weighted by atomic mass is 9.95. The molecular formula is C21H31N3O4S2. The molecule has 30 heavy (non-hydrogen) atoms. The normalized spacial score (nSPS) is 26.5. The van der Waals surface area contributed by atoms with E-state index < -0.39 is 10.0 Å². The number of sulfonamides is 1. The highest BCUT2D eigenvalue weighted by Crippen LogP contribution is 2.34. The van der Waals surface area contributed by atoms with Crippen LogP contribution in [0.5, 0.6) is 0 Å². The topological polar surface area (TPSA) is 79.0 Å². The van der Waals surface area contributed by atoms with Crippen LogP contribution in [0.3, 0.4) is 0 Å². The minimum atomic E-state index is -3.67. The number of thioether (sulfide) groups is 1. The van der Waals surface area contributed by atoms with Gasteiger partial charge in [0, 0.05) is 44.0 Å². The minimum Gasteiger partial charge on any atom is -0.379 e. The molecule has 0 saturated carbocycles. The molecule has 0 aliphatic carbocycles. The molecule has 1 aromatic carbocycles. The Balaban J connectivity index is 1.51. The Kier molecular flexibility index (Phi) is 7.04. The number of benzene rings is 1. The summed E-state index contributed by atoms with van der Waals surface area (Å²) < 4.78 is 33.4. The molecule has 3 fully saturated rings. The van der Waals surface area contributed by atoms with Crippen LogP contribution >= 0.6 is 11.8 Å². The van der Waals surface area contributed by atoms with Crippen LogP contribution < -0.4 is 5.32 Å². The lowest BCUT2D eigenvalue weighted by Gasteiger charge is -2.43. The molecule has 1 atom stereocenters. The number of amides is 1. The van der Waals surface area contributed by atoms with Crippen LogP contribution in [0.2, 0.25) is 0 Å². The van der Waals surface area contributed by atoms with E-state index in [0.717, 1.165) is 63.5 Å². The van der Waals surface area contributed by atoms with Gasteiger partial charge in [-0.25, -0.2) is 8.42 Å². The summed E-state index contributed by atoms with van der Waals surface area (Å²) in [5.41, 5.74) is 0.163. The Morgan fingerprint density at radius 2 is 1.83 bits per heavy atom. The zero-order valence-corrected chi connectivity index (χ0v) is 19.0. The number of hydrogen-bond donors (Lipinski definition) is 1. The van der Waals surface area contributed by atoms with E-state index in [9.17, 15) is 13.2 Å². The number of hydrogen-bond acceptors (Lipinski definition) is 6. The van der Waals surface area contributed by atoms with Crippen LogP contribution in [0.25, 0.3) is 0 Å². The molecule has 3 aliphatic heterocycles. The number of nitrogens with zero attached hydrogens (tertiary/aromatic N) is 2. The average Bonchev–Trinajstić information content (AvgIpc) is 3.29. The Morgan fingerprint density at radius 3 is 2.53 bits per heavy atom. The first-order valence-electron chi connectivity index (χ1n) is 10.8. The molecule has 3 saturated heterocycles. The lowest BCUT2D eigenvalue weighted by Crippen LogP contribution is -2.59. The summed E-state index contributed by atoms with van der Waals surface area (Å²) in [4.78, 5) is 15.7. The van der Waals surface area contributed by atoms with Crippen LogP contribution in [0.4, 0.5) is 0 Å². The monoisotopic (exact) mass is 453 g/mol. The third-order valence-corrected chi connectivity index (χ3v) is 9.60. The van der Waals surface area contributed by atoms with Gasteiger partial charge in [-0.1, -0.05) is 18.6 Å². The predicted molar refractivity (Wildman–Crippen MR) is 118 cm³/mol. The molecule has 1 N–H and O–H groups in total. The van der Waals surface area contributed by atoms with Crippen molar-refractivity contribution >= 4 is 27.7 Å². The number of ether oxygens (including phenoxy) is 1. The fourth-order valence-corrected chi connectivity index (χ4v) is 7.78. The first kappa shape index (κ1) is 22.1. The second-order valence-corrected chi connectivity index (χ2v) is 11.3. The third kappa shape index (κ3) is 4.55. The molecule has 1 unspecified atom stereocenters. The summed E-state index contributed by atoms with van der Waals surface area (Å²) in [6, 6.07) is 6.60. The Labute approximate surface area is 183 Å². The summed E-state index contributed by atoms with van der Waals surface area (Å²) in [6.45, 7) is 4.75. The highest BCUT2D eigenvalue weighted by molar-refractivity contribution is 7.99. The van der Waals surface area contributed by atoms with Gasteiger partial charge in [0.2, 0.25) is 10.0 Å². The van der Waals surface area contributed by atoms with Gasteiger partial charge in [-0.2, -0.15) is 16.1 Å². The van der Waals surface area contributed by atoms with E-state index in [2.05, 4.69) is 10.2 Å². The van der Waals surface area contributed by atoms with Crippen molar-refractivity contribution in [1.82, 2.24) is 14.5 Å². The third-order valence-electron chi connectivity index (χ3n) is 6.41. The van der Waals surface area contributed by atoms with Crippen LogP contribution in [0.1, 0.15) is 36.0 Å². The molecule has 3 heterocycles. The number of piperidine rings is 1. The van der Waals surface area contributed by atoms with E-state index in [1.165, 1.54) is 4.31 Å². The van der Waals surface area contributed by atoms with Crippen molar-refractivity contribution in [3.8, 4) is 0 Å². The number of morpholine rings is 1. The minimum absolute atomic E-state index is 0.0786. The van der Waals surface area contributed by atoms with Gasteiger partial charge in [-0.15, -0.1) is 0 Å². The summed E-state index contributed by atoms with van der Waals surface area (Å²) >= 11 is 1.91. The maximum atomic E-state index is 13.2. The van der Waals surface area contributed by atoms with E-state index in [0.29, 0.717) is 19.6 Å². The summed E-state index contributed by atoms with van der Waals surface area (Å²) in [6.07, 6.45) is 3.81. The van der Waals surface area contributed by atoms with Crippen molar-refractivity contribution in [3.05, 3.63) is 29.8 Å². The zero-order chi connectivity index (χ0) is 21.0. The standard InChI is InChI=1S/C21H31N3O4S2/c25-20(22-16-21(8-15-29-17-21)23-11-13-28-14-12-23)18-6-2-3-7-19(18)30(26,27)24-9-4-1-5-10-24/h2-3,6-7H,1,4-5,8-17H2,(H,22,25). The van der Waals surface area contributed by atoms with Gasteiger partial charge >= 0.3 is 0 Å². The van der Waals surface area contributed by atoms with E-state index in [-0.39, 0.29) is 21.9 Å². The largest absolute Gasteiger partial charge is 0.379 e. The van der Waals surface area contributed by atoms with Gasteiger partial charge < -0.3 is 10.1 Å². The Bertz CT molecular complexity index is 844. The van der Waals surface area contributed by atoms with Gasteiger partial charge in [-0.05, 0) is 37.1 Å². The fraction of sp³-hybridized carbons (Fsp3) is 0.667. The number of carbonyl (C=O) groups excluding carboxylic acids is 1. The van der Waals surface area contributed by atoms with Gasteiger partial charge in [0.1, 0.15) is 0 Å². The molecule has 7 nitrogen and oxygen atoms in total. The summed E-state index contributed by atoms with van der Waals surface area (Å²) in [5.74, 6) is 1.74. The van der Waals surface area contributed by atoms with Crippen molar-refractivity contribution in [2.24, 2.45) is 0 Å². The van der Waals surface area contributed by atoms with E-state index in [4.69, 9.17) is 4.74 Å². The van der Waals surface area contributed by atoms with Crippen LogP contribution in [0.15, 0.2) is 29.2 Å². The maximum Gasteiger partial charge on any atom is 0.252 e. The first-order chi connectivity index (χ1) is 14.5. The smallest absolute Gasteiger partial charge is 0.252 e. The van der Waals surface area contributed by atoms with Crippen LogP contribution in [-0.4, -0.2) is 86.5 Å². The fourth-order valence-electron chi connectivity index (χ4n) is 4.60. The second-order valence-electron chi connectivity index (χ2n) is 8.27. The SMILES string of the molecule is O=C(NCC1(N2CCOCC2)CCSC1)c1ccccc1S(=O)(=O)N1CCCCC1. The van der Waals surface area contributed by atoms with Crippen LogP contribution in [-0.2, 0) is 14.8 Å². The van der Waals surface area contributed by atoms with E-state index in [1.807, 2.05) is 11.8 Å². The molecule has 4 rings (SSSR count). The van der Waals surface area contributed by atoms with Crippen molar-refractivity contribution < 1.29 is 17.9 Å². The molecule has 166 valence electrons. The molecule has 0 radical (unpaired) electrons. The lowest BCUT2D eigenvalue weighted by molar-refractivity contribution is -0.0129. The van der Waals surface area contributed by atoms with Crippen molar-refractivity contribution in [2.45, 2.75) is 36.1 Å². The van der Waals surface area contributed by atoms with E-state index >= 15 is 0 Å². The molecular weight excluding hydrogens is 422 g/mol. The van der Waals surface area contributed by atoms with Crippen molar-refractivity contribution in [2.75, 3.05) is 57.4 Å². The number of carbonyl (C=O) groups is 1. The van der Waals surface area contributed by atoms with Crippen LogP contribution in [0, 0.1) is 0 Å². The highest BCUT2D eigenvalue weighted by Gasteiger charge is 2.41. The summed E-state index contributed by atoms with van der Waals surface area (Å²) in [7, 11) is -3.67. The molecule has 1 aromatic rings. The number of nitrogens with one attached hydrogen (secondary N) is 1. The maximum absolute atomic E-state index is 13.2.